The summed E-state index contributed by atoms with van der Waals surface area (Å²) in [5, 5.41) is 0.665. The predicted octanol–water partition coefficient (Wildman–Crippen LogP) is 4.06. The molecule has 5 heteroatoms. The Morgan fingerprint density at radius 2 is 1.74 bits per heavy atom. The van der Waals surface area contributed by atoms with E-state index in [1.54, 1.807) is 11.8 Å². The molecule has 0 N–H and O–H groups in total. The van der Waals surface area contributed by atoms with Gasteiger partial charge in [-0.3, -0.25) is 9.59 Å². The fourth-order valence-electron chi connectivity index (χ4n) is 2.43. The van der Waals surface area contributed by atoms with Crippen molar-refractivity contribution in [1.82, 2.24) is 4.90 Å². The van der Waals surface area contributed by atoms with Crippen LogP contribution < -0.4 is 0 Å². The molecule has 0 aromatic heterocycles. The highest BCUT2D eigenvalue weighted by Gasteiger charge is 2.22. The van der Waals surface area contributed by atoms with E-state index in [0.717, 1.165) is 18.4 Å². The Balaban J connectivity index is 2.80. The van der Waals surface area contributed by atoms with Gasteiger partial charge in [-0.25, -0.2) is 0 Å². The Bertz CT molecular complexity index is 497. The molecule has 0 saturated carbocycles. The Hall–Kier alpha value is -1.55. The summed E-state index contributed by atoms with van der Waals surface area (Å²) in [7, 11) is 0. The second kappa shape index (κ2) is 10.3. The first kappa shape index (κ1) is 19.5. The maximum Gasteiger partial charge on any atom is 0.307 e. The first-order valence-electron chi connectivity index (χ1n) is 8.20. The highest BCUT2D eigenvalue weighted by Crippen LogP contribution is 2.17. The molecule has 0 radical (unpaired) electrons. The number of carbonyl (C=O) groups is 2. The minimum atomic E-state index is -0.272. The summed E-state index contributed by atoms with van der Waals surface area (Å²) in [4.78, 5) is 26.0. The number of benzene rings is 1. The third-order valence-corrected chi connectivity index (χ3v) is 4.08. The normalized spacial score (nSPS) is 10.7. The van der Waals surface area contributed by atoms with Gasteiger partial charge >= 0.3 is 5.97 Å². The Morgan fingerprint density at radius 1 is 1.13 bits per heavy atom. The average Bonchev–Trinajstić information content (AvgIpc) is 2.54. The van der Waals surface area contributed by atoms with Crippen molar-refractivity contribution in [1.29, 1.82) is 0 Å². The van der Waals surface area contributed by atoms with Crippen molar-refractivity contribution < 1.29 is 14.3 Å². The molecule has 0 unspecified atom stereocenters. The minimum Gasteiger partial charge on any atom is -0.466 e. The van der Waals surface area contributed by atoms with Crippen LogP contribution in [-0.4, -0.2) is 29.9 Å². The lowest BCUT2D eigenvalue weighted by Gasteiger charge is -2.26. The van der Waals surface area contributed by atoms with Crippen molar-refractivity contribution in [3.8, 4) is 0 Å². The van der Waals surface area contributed by atoms with Crippen LogP contribution in [0.2, 0.25) is 5.02 Å². The molecule has 0 aliphatic carbocycles. The minimum absolute atomic E-state index is 0.00973. The molecule has 0 aliphatic rings. The van der Waals surface area contributed by atoms with E-state index in [2.05, 4.69) is 0 Å². The lowest BCUT2D eigenvalue weighted by atomic mass is 10.0. The number of halogens is 1. The Labute approximate surface area is 143 Å². The average molecular weight is 340 g/mol. The van der Waals surface area contributed by atoms with Crippen LogP contribution in [0.1, 0.15) is 45.6 Å². The molecule has 128 valence electrons. The molecule has 1 aromatic carbocycles. The van der Waals surface area contributed by atoms with Crippen molar-refractivity contribution >= 4 is 23.5 Å². The third-order valence-electron chi connectivity index (χ3n) is 3.82. The second-order valence-electron chi connectivity index (χ2n) is 5.45. The fourth-order valence-corrected chi connectivity index (χ4v) is 2.56. The van der Waals surface area contributed by atoms with Crippen molar-refractivity contribution in [2.75, 3.05) is 13.2 Å². The van der Waals surface area contributed by atoms with Crippen LogP contribution in [-0.2, 0) is 20.9 Å². The maximum atomic E-state index is 12.7. The Kier molecular flexibility index (Phi) is 8.70. The number of nitrogens with zero attached hydrogens (tertiary/aromatic N) is 1. The van der Waals surface area contributed by atoms with Gasteiger partial charge in [-0.1, -0.05) is 37.6 Å². The van der Waals surface area contributed by atoms with E-state index in [0.29, 0.717) is 24.7 Å². The van der Waals surface area contributed by atoms with Gasteiger partial charge < -0.3 is 9.64 Å². The number of amides is 1. The number of carbonyl (C=O) groups excluding carboxylic acids is 2. The summed E-state index contributed by atoms with van der Waals surface area (Å²) < 4.78 is 4.96. The summed E-state index contributed by atoms with van der Waals surface area (Å²) >= 11 is 5.90. The lowest BCUT2D eigenvalue weighted by Crippen LogP contribution is -2.37. The van der Waals surface area contributed by atoms with Crippen molar-refractivity contribution in [3.63, 3.8) is 0 Å². The van der Waals surface area contributed by atoms with E-state index in [-0.39, 0.29) is 24.2 Å². The molecule has 0 saturated heterocycles. The summed E-state index contributed by atoms with van der Waals surface area (Å²) in [6.07, 6.45) is 1.81. The largest absolute Gasteiger partial charge is 0.466 e. The highest BCUT2D eigenvalue weighted by atomic mass is 35.5. The van der Waals surface area contributed by atoms with Gasteiger partial charge in [-0.15, -0.1) is 0 Å². The summed E-state index contributed by atoms with van der Waals surface area (Å²) in [5.74, 6) is -0.190. The van der Waals surface area contributed by atoms with E-state index < -0.39 is 0 Å². The molecule has 1 rings (SSSR count). The van der Waals surface area contributed by atoms with Crippen LogP contribution in [0.3, 0.4) is 0 Å². The molecule has 0 aliphatic heterocycles. The summed E-state index contributed by atoms with van der Waals surface area (Å²) in [5.41, 5.74) is 0.998. The Morgan fingerprint density at radius 3 is 2.26 bits per heavy atom. The summed E-state index contributed by atoms with van der Waals surface area (Å²) in [6.45, 7) is 7.01. The van der Waals surface area contributed by atoms with Crippen LogP contribution in [0, 0.1) is 5.92 Å². The molecule has 1 aromatic rings. The van der Waals surface area contributed by atoms with E-state index in [1.165, 1.54) is 0 Å². The molecule has 0 atom stereocenters. The molecule has 0 bridgehead atoms. The van der Waals surface area contributed by atoms with Gasteiger partial charge in [0.05, 0.1) is 13.0 Å². The van der Waals surface area contributed by atoms with Gasteiger partial charge in [0.25, 0.3) is 0 Å². The maximum absolute atomic E-state index is 12.7. The van der Waals surface area contributed by atoms with Gasteiger partial charge in [-0.05, 0) is 37.5 Å². The zero-order valence-corrected chi connectivity index (χ0v) is 14.9. The second-order valence-corrected chi connectivity index (χ2v) is 5.89. The molecular weight excluding hydrogens is 314 g/mol. The van der Waals surface area contributed by atoms with Gasteiger partial charge in [-0.2, -0.15) is 0 Å². The number of rotatable bonds is 9. The number of hydrogen-bond donors (Lipinski definition) is 0. The van der Waals surface area contributed by atoms with E-state index in [4.69, 9.17) is 16.3 Å². The third kappa shape index (κ3) is 6.61. The van der Waals surface area contributed by atoms with Crippen LogP contribution in [0.25, 0.3) is 0 Å². The van der Waals surface area contributed by atoms with Crippen molar-refractivity contribution in [2.24, 2.45) is 5.92 Å². The van der Waals surface area contributed by atoms with Crippen LogP contribution in [0.4, 0.5) is 0 Å². The van der Waals surface area contributed by atoms with Crippen LogP contribution in [0.5, 0.6) is 0 Å². The highest BCUT2D eigenvalue weighted by molar-refractivity contribution is 6.30. The zero-order chi connectivity index (χ0) is 17.2. The predicted molar refractivity (Wildman–Crippen MR) is 92.2 cm³/mol. The van der Waals surface area contributed by atoms with Gasteiger partial charge in [0.15, 0.2) is 0 Å². The molecule has 1 amide bonds. The zero-order valence-electron chi connectivity index (χ0n) is 14.2. The van der Waals surface area contributed by atoms with Crippen molar-refractivity contribution in [3.05, 3.63) is 34.9 Å². The SMILES string of the molecule is CCOC(=O)CCN(Cc1ccc(Cl)cc1)C(=O)C(CC)CC. The molecule has 0 spiro atoms. The number of hydrogen-bond acceptors (Lipinski definition) is 3. The number of esters is 1. The first-order chi connectivity index (χ1) is 11.0. The quantitative estimate of drug-likeness (QED) is 0.637. The molecule has 0 heterocycles. The molecule has 4 nitrogen and oxygen atoms in total. The van der Waals surface area contributed by atoms with E-state index in [9.17, 15) is 9.59 Å². The molecule has 23 heavy (non-hydrogen) atoms. The van der Waals surface area contributed by atoms with Gasteiger partial charge in [0, 0.05) is 24.0 Å². The van der Waals surface area contributed by atoms with E-state index >= 15 is 0 Å². The van der Waals surface area contributed by atoms with E-state index in [1.807, 2.05) is 38.1 Å². The van der Waals surface area contributed by atoms with Crippen LogP contribution in [0.15, 0.2) is 24.3 Å². The topological polar surface area (TPSA) is 46.6 Å². The molecular formula is C18H26ClNO3. The fraction of sp³-hybridized carbons (Fsp3) is 0.556. The van der Waals surface area contributed by atoms with Crippen molar-refractivity contribution in [2.45, 2.75) is 46.6 Å². The monoisotopic (exact) mass is 339 g/mol. The summed E-state index contributed by atoms with van der Waals surface area (Å²) in [6, 6.07) is 7.42. The van der Waals surface area contributed by atoms with Gasteiger partial charge in [0.1, 0.15) is 0 Å². The standard InChI is InChI=1S/C18H26ClNO3/c1-4-15(5-2)18(22)20(12-11-17(21)23-6-3)13-14-7-9-16(19)10-8-14/h7-10,15H,4-6,11-13H2,1-3H3. The lowest BCUT2D eigenvalue weighted by molar-refractivity contribution is -0.144. The number of ether oxygens (including phenoxy) is 1. The first-order valence-corrected chi connectivity index (χ1v) is 8.58. The van der Waals surface area contributed by atoms with Gasteiger partial charge in [0.2, 0.25) is 5.91 Å². The smallest absolute Gasteiger partial charge is 0.307 e. The van der Waals surface area contributed by atoms with Crippen LogP contribution >= 0.6 is 11.6 Å². The molecule has 0 fully saturated rings.